The van der Waals surface area contributed by atoms with Crippen LogP contribution in [0.2, 0.25) is 0 Å². The van der Waals surface area contributed by atoms with E-state index in [-0.39, 0.29) is 0 Å². The van der Waals surface area contributed by atoms with Gasteiger partial charge in [0, 0.05) is 49.0 Å². The minimum Gasteiger partial charge on any atom is -0.383 e. The fourth-order valence-corrected chi connectivity index (χ4v) is 4.19. The molecule has 154 valence electrons. The Morgan fingerprint density at radius 2 is 1.97 bits per heavy atom. The highest BCUT2D eigenvalue weighted by molar-refractivity contribution is 5.95. The van der Waals surface area contributed by atoms with Gasteiger partial charge >= 0.3 is 0 Å². The van der Waals surface area contributed by atoms with Crippen LogP contribution >= 0.6 is 0 Å². The molecule has 4 rings (SSSR count). The summed E-state index contributed by atoms with van der Waals surface area (Å²) in [7, 11) is 4.36. The van der Waals surface area contributed by atoms with Crippen LogP contribution in [0, 0.1) is 0 Å². The first kappa shape index (κ1) is 19.9. The van der Waals surface area contributed by atoms with Crippen LogP contribution in [0.4, 0.5) is 0 Å². The smallest absolute Gasteiger partial charge is 0.125 e. The lowest BCUT2D eigenvalue weighted by Crippen LogP contribution is -2.43. The van der Waals surface area contributed by atoms with Crippen LogP contribution in [0.3, 0.4) is 0 Å². The van der Waals surface area contributed by atoms with E-state index in [2.05, 4.69) is 78.4 Å². The molecule has 1 aromatic heterocycles. The number of pyridine rings is 1. The van der Waals surface area contributed by atoms with Crippen molar-refractivity contribution in [3.8, 4) is 0 Å². The number of likely N-dealkylation sites (tertiary alicyclic amines) is 1. The quantitative estimate of drug-likeness (QED) is 0.843. The highest BCUT2D eigenvalue weighted by atomic mass is 15.2. The van der Waals surface area contributed by atoms with Crippen molar-refractivity contribution in [1.29, 1.82) is 0 Å². The van der Waals surface area contributed by atoms with E-state index in [1.807, 2.05) is 6.20 Å². The van der Waals surface area contributed by atoms with Crippen LogP contribution in [0.5, 0.6) is 0 Å². The van der Waals surface area contributed by atoms with Gasteiger partial charge in [0.15, 0.2) is 0 Å². The molecule has 2 aromatic rings. The lowest BCUT2D eigenvalue weighted by molar-refractivity contribution is 0.192. The Labute approximate surface area is 174 Å². The minimum absolute atomic E-state index is 0.531. The molecule has 2 aliphatic rings. The second kappa shape index (κ2) is 8.54. The van der Waals surface area contributed by atoms with Gasteiger partial charge in [0.25, 0.3) is 0 Å². The average molecular weight is 392 g/mol. The van der Waals surface area contributed by atoms with Gasteiger partial charge in [-0.15, -0.1) is 0 Å². The molecular weight excluding hydrogens is 358 g/mol. The Morgan fingerprint density at radius 1 is 1.17 bits per heavy atom. The van der Waals surface area contributed by atoms with Gasteiger partial charge < -0.3 is 15.1 Å². The summed E-state index contributed by atoms with van der Waals surface area (Å²) in [6, 6.07) is 9.53. The molecule has 0 aliphatic carbocycles. The third kappa shape index (κ3) is 4.61. The van der Waals surface area contributed by atoms with Crippen LogP contribution < -0.4 is 5.32 Å². The van der Waals surface area contributed by atoms with Gasteiger partial charge in [0.1, 0.15) is 5.84 Å². The normalized spacial score (nSPS) is 17.9. The van der Waals surface area contributed by atoms with Crippen LogP contribution in [-0.4, -0.2) is 60.4 Å². The largest absolute Gasteiger partial charge is 0.383 e. The number of aliphatic imine (C=N–C) groups is 1. The third-order valence-electron chi connectivity index (χ3n) is 6.18. The molecule has 29 heavy (non-hydrogen) atoms. The van der Waals surface area contributed by atoms with Crippen molar-refractivity contribution >= 4 is 16.7 Å². The number of rotatable bonds is 5. The van der Waals surface area contributed by atoms with Crippen LogP contribution in [0.15, 0.2) is 47.2 Å². The van der Waals surface area contributed by atoms with Crippen LogP contribution in [0.25, 0.3) is 10.9 Å². The molecule has 0 saturated carbocycles. The van der Waals surface area contributed by atoms with E-state index in [0.717, 1.165) is 37.5 Å². The van der Waals surface area contributed by atoms with Crippen LogP contribution in [-0.2, 0) is 6.54 Å². The molecule has 0 unspecified atom stereocenters. The predicted molar refractivity (Wildman–Crippen MR) is 121 cm³/mol. The maximum atomic E-state index is 4.76. The summed E-state index contributed by atoms with van der Waals surface area (Å²) in [5.74, 6) is 1.67. The number of nitrogens with zero attached hydrogens (tertiary/aromatic N) is 4. The highest BCUT2D eigenvalue weighted by Crippen LogP contribution is 2.21. The van der Waals surface area contributed by atoms with E-state index in [1.165, 1.54) is 35.1 Å². The maximum Gasteiger partial charge on any atom is 0.125 e. The molecule has 0 bridgehead atoms. The molecule has 0 radical (unpaired) electrons. The van der Waals surface area contributed by atoms with Crippen molar-refractivity contribution in [2.75, 3.05) is 33.7 Å². The van der Waals surface area contributed by atoms with Crippen molar-refractivity contribution in [3.05, 3.63) is 53.4 Å². The average Bonchev–Trinajstić information content (AvgIpc) is 3.20. The van der Waals surface area contributed by atoms with Crippen molar-refractivity contribution in [2.24, 2.45) is 4.99 Å². The first-order valence-electron chi connectivity index (χ1n) is 10.8. The second-order valence-electron chi connectivity index (χ2n) is 8.83. The number of hydrogen-bond donors (Lipinski definition) is 1. The number of benzene rings is 1. The first-order valence-corrected chi connectivity index (χ1v) is 10.8. The summed E-state index contributed by atoms with van der Waals surface area (Å²) < 4.78 is 0. The number of fused-ring (bicyclic) bond motifs is 1. The van der Waals surface area contributed by atoms with Gasteiger partial charge in [0.2, 0.25) is 0 Å². The molecule has 0 spiro atoms. The molecule has 0 amide bonds. The molecular formula is C24H33N5. The summed E-state index contributed by atoms with van der Waals surface area (Å²) in [6.45, 7) is 8.18. The number of amidine groups is 1. The zero-order chi connectivity index (χ0) is 20.4. The summed E-state index contributed by atoms with van der Waals surface area (Å²) in [5, 5.41) is 4.79. The molecule has 1 N–H and O–H groups in total. The summed E-state index contributed by atoms with van der Waals surface area (Å²) in [6.07, 6.45) is 6.63. The van der Waals surface area contributed by atoms with Gasteiger partial charge in [0.05, 0.1) is 12.1 Å². The van der Waals surface area contributed by atoms with Gasteiger partial charge in [-0.05, 0) is 62.2 Å². The Morgan fingerprint density at radius 3 is 2.69 bits per heavy atom. The third-order valence-corrected chi connectivity index (χ3v) is 6.18. The molecule has 5 heteroatoms. The standard InChI is InChI=1S/C24H33N5/c1-17(2)19-5-6-23-20(12-19)11-18(15-26-23)14-25-21-13-24(27-16-21)29-9-7-22(8-10-29)28(3)4/h5-6,11-13,15,17,22,25H,7-10,14,16H2,1-4H3. The zero-order valence-corrected chi connectivity index (χ0v) is 18.2. The second-order valence-corrected chi connectivity index (χ2v) is 8.83. The first-order chi connectivity index (χ1) is 14.0. The Bertz CT molecular complexity index is 920. The molecule has 5 nitrogen and oxygen atoms in total. The van der Waals surface area contributed by atoms with Crippen molar-refractivity contribution in [1.82, 2.24) is 20.1 Å². The van der Waals surface area contributed by atoms with Gasteiger partial charge in [-0.1, -0.05) is 19.9 Å². The van der Waals surface area contributed by atoms with E-state index >= 15 is 0 Å². The summed E-state index contributed by atoms with van der Waals surface area (Å²) in [4.78, 5) is 14.2. The summed E-state index contributed by atoms with van der Waals surface area (Å²) >= 11 is 0. The molecule has 1 fully saturated rings. The monoisotopic (exact) mass is 391 g/mol. The van der Waals surface area contributed by atoms with Crippen LogP contribution in [0.1, 0.15) is 43.7 Å². The van der Waals surface area contributed by atoms with E-state index in [4.69, 9.17) is 4.99 Å². The van der Waals surface area contributed by atoms with E-state index in [0.29, 0.717) is 12.0 Å². The number of piperidine rings is 1. The van der Waals surface area contributed by atoms with Crippen molar-refractivity contribution in [3.63, 3.8) is 0 Å². The summed E-state index contributed by atoms with van der Waals surface area (Å²) in [5.41, 5.74) is 4.83. The number of aromatic nitrogens is 1. The number of hydrogen-bond acceptors (Lipinski definition) is 5. The number of nitrogens with one attached hydrogen (secondary N) is 1. The molecule has 1 aromatic carbocycles. The minimum atomic E-state index is 0.531. The van der Waals surface area contributed by atoms with Gasteiger partial charge in [-0.25, -0.2) is 0 Å². The lowest BCUT2D eigenvalue weighted by Gasteiger charge is -2.35. The molecule has 3 heterocycles. The lowest BCUT2D eigenvalue weighted by atomic mass is 10.0. The van der Waals surface area contributed by atoms with E-state index in [9.17, 15) is 0 Å². The molecule has 1 saturated heterocycles. The fourth-order valence-electron chi connectivity index (χ4n) is 4.19. The highest BCUT2D eigenvalue weighted by Gasteiger charge is 2.23. The fraction of sp³-hybridized carbons (Fsp3) is 0.500. The SMILES string of the molecule is CC(C)c1ccc2ncc(CNC3=CC(N4CCC(N(C)C)CC4)=NC3)cc2c1. The predicted octanol–water partition coefficient (Wildman–Crippen LogP) is 3.77. The Hall–Kier alpha value is -2.40. The van der Waals surface area contributed by atoms with E-state index in [1.54, 1.807) is 0 Å². The zero-order valence-electron chi connectivity index (χ0n) is 18.2. The van der Waals surface area contributed by atoms with Crippen molar-refractivity contribution in [2.45, 2.75) is 45.2 Å². The van der Waals surface area contributed by atoms with Gasteiger partial charge in [-0.2, -0.15) is 0 Å². The topological polar surface area (TPSA) is 43.8 Å². The van der Waals surface area contributed by atoms with E-state index < -0.39 is 0 Å². The van der Waals surface area contributed by atoms with Crippen molar-refractivity contribution < 1.29 is 0 Å². The Balaban J connectivity index is 1.35. The molecule has 0 atom stereocenters. The maximum absolute atomic E-state index is 4.76. The molecule has 2 aliphatic heterocycles. The van der Waals surface area contributed by atoms with Gasteiger partial charge in [-0.3, -0.25) is 9.98 Å². The Kier molecular flexibility index (Phi) is 5.86.